The van der Waals surface area contributed by atoms with E-state index in [0.29, 0.717) is 0 Å². The van der Waals surface area contributed by atoms with Gasteiger partial charge in [-0.3, -0.25) is 0 Å². The number of hydrogen-bond donors (Lipinski definition) is 1. The first kappa shape index (κ1) is 20.6. The highest BCUT2D eigenvalue weighted by atomic mass is 127. The number of rotatable bonds is 5. The minimum Gasteiger partial charge on any atom is -1.00 e. The van der Waals surface area contributed by atoms with Gasteiger partial charge in [-0.2, -0.15) is 0 Å². The van der Waals surface area contributed by atoms with Crippen LogP contribution in [0.5, 0.6) is 0 Å². The number of hydrogen-bond acceptors (Lipinski definition) is 1. The fraction of sp³-hybridized carbons (Fsp3) is 0.0400. The second-order valence-electron chi connectivity index (χ2n) is 6.60. The molecule has 0 aliphatic heterocycles. The molecule has 140 valence electrons. The number of halogens is 1. The predicted octanol–water partition coefficient (Wildman–Crippen LogP) is 2.32. The molecule has 4 rings (SSSR count). The number of anilines is 1. The van der Waals surface area contributed by atoms with Crippen LogP contribution in [0, 0.1) is 6.92 Å². The van der Waals surface area contributed by atoms with Crippen LogP contribution >= 0.6 is 7.41 Å². The fourth-order valence-corrected chi connectivity index (χ4v) is 7.23. The van der Waals surface area contributed by atoms with Crippen LogP contribution in [-0.2, 0) is 0 Å². The Kier molecular flexibility index (Phi) is 6.88. The van der Waals surface area contributed by atoms with Crippen molar-refractivity contribution >= 4 is 29.0 Å². The van der Waals surface area contributed by atoms with Crippen molar-refractivity contribution in [1.82, 2.24) is 0 Å². The van der Waals surface area contributed by atoms with E-state index in [0.717, 1.165) is 0 Å². The first-order chi connectivity index (χ1) is 13.3. The Morgan fingerprint density at radius 3 is 1.25 bits per heavy atom. The molecule has 3 heteroatoms. The lowest BCUT2D eigenvalue weighted by atomic mass is 10.2. The van der Waals surface area contributed by atoms with E-state index >= 15 is 0 Å². The van der Waals surface area contributed by atoms with Gasteiger partial charge in [-0.25, -0.2) is 5.09 Å². The standard InChI is InChI=1S/C25H23NP.HI/c1-21-13-11-12-20-25(21)26-27(22-14-5-2-6-15-22,23-16-7-3-8-17-23)24-18-9-4-10-19-24;/h2-20,26H,1H3;1H/q+1;/p-1. The van der Waals surface area contributed by atoms with Crippen molar-refractivity contribution in [2.45, 2.75) is 6.92 Å². The lowest BCUT2D eigenvalue weighted by Gasteiger charge is -2.29. The summed E-state index contributed by atoms with van der Waals surface area (Å²) in [7, 11) is -2.05. The van der Waals surface area contributed by atoms with E-state index in [1.165, 1.54) is 27.2 Å². The maximum Gasteiger partial charge on any atom is 0.199 e. The molecular weight excluding hydrogens is 472 g/mol. The average Bonchev–Trinajstić information content (AvgIpc) is 2.75. The van der Waals surface area contributed by atoms with Crippen LogP contribution < -0.4 is 45.0 Å². The molecule has 0 aliphatic rings. The van der Waals surface area contributed by atoms with E-state index in [1.807, 2.05) is 0 Å². The van der Waals surface area contributed by atoms with Crippen LogP contribution in [0.2, 0.25) is 0 Å². The van der Waals surface area contributed by atoms with Gasteiger partial charge < -0.3 is 24.0 Å². The van der Waals surface area contributed by atoms with Crippen molar-refractivity contribution in [2.24, 2.45) is 0 Å². The predicted molar refractivity (Wildman–Crippen MR) is 120 cm³/mol. The van der Waals surface area contributed by atoms with E-state index in [-0.39, 0.29) is 24.0 Å². The van der Waals surface area contributed by atoms with E-state index in [1.54, 1.807) is 0 Å². The molecule has 0 saturated heterocycles. The maximum atomic E-state index is 4.02. The summed E-state index contributed by atoms with van der Waals surface area (Å²) in [6, 6.07) is 41.1. The Balaban J connectivity index is 0.00000225. The van der Waals surface area contributed by atoms with Gasteiger partial charge in [0.15, 0.2) is 7.41 Å². The normalized spacial score (nSPS) is 10.8. The van der Waals surface area contributed by atoms with Gasteiger partial charge in [-0.05, 0) is 55.0 Å². The first-order valence-electron chi connectivity index (χ1n) is 9.20. The number of benzene rings is 4. The zero-order chi connectivity index (χ0) is 18.5. The summed E-state index contributed by atoms with van der Waals surface area (Å²) in [4.78, 5) is 0. The molecule has 4 aromatic rings. The Morgan fingerprint density at radius 1 is 0.500 bits per heavy atom. The smallest absolute Gasteiger partial charge is 0.199 e. The molecule has 0 radical (unpaired) electrons. The molecular formula is C25H23INP. The molecule has 0 amide bonds. The van der Waals surface area contributed by atoms with Crippen molar-refractivity contribution in [3.05, 3.63) is 121 Å². The molecule has 0 aliphatic carbocycles. The summed E-state index contributed by atoms with van der Waals surface area (Å²) in [5, 5.41) is 7.99. The summed E-state index contributed by atoms with van der Waals surface area (Å²) in [6.07, 6.45) is 0. The Hall–Kier alpha value is -2.16. The second-order valence-corrected chi connectivity index (χ2v) is 9.72. The summed E-state index contributed by atoms with van der Waals surface area (Å²) >= 11 is 0. The Morgan fingerprint density at radius 2 is 0.857 bits per heavy atom. The SMILES string of the molecule is Cc1ccccc1N[P+](c1ccccc1)(c1ccccc1)c1ccccc1.[I-]. The van der Waals surface area contributed by atoms with Crippen LogP contribution in [-0.4, -0.2) is 0 Å². The molecule has 0 saturated carbocycles. The summed E-state index contributed by atoms with van der Waals surface area (Å²) in [5.74, 6) is 0. The van der Waals surface area contributed by atoms with Crippen LogP contribution in [0.15, 0.2) is 115 Å². The van der Waals surface area contributed by atoms with Crippen molar-refractivity contribution in [3.63, 3.8) is 0 Å². The van der Waals surface area contributed by atoms with Gasteiger partial charge >= 0.3 is 0 Å². The molecule has 28 heavy (non-hydrogen) atoms. The molecule has 0 atom stereocenters. The minimum atomic E-state index is -2.05. The summed E-state index contributed by atoms with van der Waals surface area (Å²) in [5.41, 5.74) is 2.44. The van der Waals surface area contributed by atoms with E-state index in [9.17, 15) is 0 Å². The third kappa shape index (κ3) is 3.99. The van der Waals surface area contributed by atoms with Gasteiger partial charge in [-0.1, -0.05) is 72.8 Å². The monoisotopic (exact) mass is 495 g/mol. The Labute approximate surface area is 185 Å². The Bertz CT molecular complexity index is 907. The van der Waals surface area contributed by atoms with Gasteiger partial charge in [0.05, 0.1) is 5.69 Å². The van der Waals surface area contributed by atoms with Gasteiger partial charge in [-0.15, -0.1) is 0 Å². The van der Waals surface area contributed by atoms with Gasteiger partial charge in [0, 0.05) is 0 Å². The molecule has 0 bridgehead atoms. The second kappa shape index (κ2) is 9.36. The van der Waals surface area contributed by atoms with E-state index < -0.39 is 7.41 Å². The van der Waals surface area contributed by atoms with Crippen molar-refractivity contribution in [1.29, 1.82) is 0 Å². The first-order valence-corrected chi connectivity index (χ1v) is 11.0. The van der Waals surface area contributed by atoms with Gasteiger partial charge in [0.25, 0.3) is 0 Å². The lowest BCUT2D eigenvalue weighted by Crippen LogP contribution is -3.00. The van der Waals surface area contributed by atoms with E-state index in [2.05, 4.69) is 127 Å². The molecule has 4 aromatic carbocycles. The molecule has 1 nitrogen and oxygen atoms in total. The lowest BCUT2D eigenvalue weighted by molar-refractivity contribution is -0.00000524. The zero-order valence-electron chi connectivity index (χ0n) is 15.8. The van der Waals surface area contributed by atoms with Crippen molar-refractivity contribution in [2.75, 3.05) is 5.09 Å². The third-order valence-corrected chi connectivity index (χ3v) is 8.66. The largest absolute Gasteiger partial charge is 1.00 e. The number of nitrogens with one attached hydrogen (secondary N) is 1. The van der Waals surface area contributed by atoms with Crippen LogP contribution in [0.3, 0.4) is 0 Å². The molecule has 0 aromatic heterocycles. The third-order valence-electron chi connectivity index (χ3n) is 4.86. The summed E-state index contributed by atoms with van der Waals surface area (Å²) < 4.78 is 0. The highest BCUT2D eigenvalue weighted by molar-refractivity contribution is 7.96. The molecule has 1 N–H and O–H groups in total. The zero-order valence-corrected chi connectivity index (χ0v) is 18.8. The minimum absolute atomic E-state index is 0. The van der Waals surface area contributed by atoms with Crippen LogP contribution in [0.4, 0.5) is 5.69 Å². The highest BCUT2D eigenvalue weighted by Gasteiger charge is 2.46. The maximum absolute atomic E-state index is 4.02. The van der Waals surface area contributed by atoms with Gasteiger partial charge in [0.2, 0.25) is 0 Å². The molecule has 0 unspecified atom stereocenters. The van der Waals surface area contributed by atoms with Crippen molar-refractivity contribution in [3.8, 4) is 0 Å². The molecule has 0 heterocycles. The summed E-state index contributed by atoms with van der Waals surface area (Å²) in [6.45, 7) is 2.16. The van der Waals surface area contributed by atoms with Crippen LogP contribution in [0.25, 0.3) is 0 Å². The highest BCUT2D eigenvalue weighted by Crippen LogP contribution is 2.55. The van der Waals surface area contributed by atoms with Crippen LogP contribution in [0.1, 0.15) is 5.56 Å². The molecule has 0 fully saturated rings. The number of aryl methyl sites for hydroxylation is 1. The topological polar surface area (TPSA) is 12.0 Å². The fourth-order valence-electron chi connectivity index (χ4n) is 3.47. The van der Waals surface area contributed by atoms with Crippen molar-refractivity contribution < 1.29 is 24.0 Å². The molecule has 0 spiro atoms. The van der Waals surface area contributed by atoms with E-state index in [4.69, 9.17) is 0 Å². The number of para-hydroxylation sites is 1. The van der Waals surface area contributed by atoms with Gasteiger partial charge in [0.1, 0.15) is 15.9 Å². The quantitative estimate of drug-likeness (QED) is 0.331. The average molecular weight is 495 g/mol.